The van der Waals surface area contributed by atoms with E-state index in [0.29, 0.717) is 0 Å². The molecule has 1 heterocycles. The number of hydrogen-bond donors (Lipinski definition) is 0. The van der Waals surface area contributed by atoms with Gasteiger partial charge in [0, 0.05) is 33.7 Å². The Balaban J connectivity index is 1.27. The average Bonchev–Trinajstić information content (AvgIpc) is 3.81. The lowest BCUT2D eigenvalue weighted by atomic mass is 9.92. The average molecular weight is 971 g/mol. The molecule has 75 heavy (non-hydrogen) atoms. The zero-order valence-electron chi connectivity index (χ0n) is 43.9. The summed E-state index contributed by atoms with van der Waals surface area (Å²) in [6.45, 7) is 21.5. The minimum Gasteiger partial charge on any atom is -0.311 e. The summed E-state index contributed by atoms with van der Waals surface area (Å²) in [6, 6.07) is 59.6. The molecule has 9 rings (SSSR count). The summed E-state index contributed by atoms with van der Waals surface area (Å²) in [6.07, 6.45) is 35.0. The number of fused-ring (bicyclic) bond motifs is 1. The molecule has 0 saturated carbocycles. The van der Waals surface area contributed by atoms with E-state index >= 15 is 0 Å². The number of aryl methyl sites for hydroxylation is 1. The molecule has 1 aliphatic carbocycles. The molecule has 0 atom stereocenters. The molecule has 0 saturated heterocycles. The molecule has 0 unspecified atom stereocenters. The maximum absolute atomic E-state index is 4.54. The highest BCUT2D eigenvalue weighted by atomic mass is 15.1. The number of hydrogen-bond acceptors (Lipinski definition) is 1. The number of aromatic nitrogens is 1. The van der Waals surface area contributed by atoms with E-state index in [1.165, 1.54) is 33.4 Å². The lowest BCUT2D eigenvalue weighted by Crippen LogP contribution is -2.16. The molecular formula is C73H66N2. The summed E-state index contributed by atoms with van der Waals surface area (Å²) in [7, 11) is 0. The Hall–Kier alpha value is -8.98. The third-order valence-electron chi connectivity index (χ3n) is 13.9. The van der Waals surface area contributed by atoms with E-state index in [0.717, 1.165) is 103 Å². The van der Waals surface area contributed by atoms with Crippen LogP contribution in [0.5, 0.6) is 0 Å². The minimum atomic E-state index is 0.830. The number of nitrogens with zero attached hydrogens (tertiary/aromatic N) is 2. The molecule has 2 heteroatoms. The number of benzene rings is 7. The van der Waals surface area contributed by atoms with Crippen LogP contribution in [0, 0.1) is 6.92 Å². The normalized spacial score (nSPS) is 13.3. The van der Waals surface area contributed by atoms with E-state index in [9.17, 15) is 0 Å². The zero-order chi connectivity index (χ0) is 52.1. The van der Waals surface area contributed by atoms with Crippen LogP contribution in [0.4, 0.5) is 11.4 Å². The predicted octanol–water partition coefficient (Wildman–Crippen LogP) is 20.6. The number of anilines is 2. The predicted molar refractivity (Wildman–Crippen MR) is 329 cm³/mol. The zero-order valence-corrected chi connectivity index (χ0v) is 43.9. The van der Waals surface area contributed by atoms with Gasteiger partial charge in [-0.25, -0.2) is 0 Å². The van der Waals surface area contributed by atoms with Gasteiger partial charge in [-0.3, -0.25) is 0 Å². The second-order valence-electron chi connectivity index (χ2n) is 18.8. The van der Waals surface area contributed by atoms with E-state index < -0.39 is 0 Å². The summed E-state index contributed by atoms with van der Waals surface area (Å²) in [5.41, 5.74) is 22.4. The molecule has 0 spiro atoms. The summed E-state index contributed by atoms with van der Waals surface area (Å²) < 4.78 is 2.39. The van der Waals surface area contributed by atoms with E-state index in [4.69, 9.17) is 0 Å². The van der Waals surface area contributed by atoms with Crippen LogP contribution in [0.1, 0.15) is 61.6 Å². The van der Waals surface area contributed by atoms with Crippen LogP contribution >= 0.6 is 0 Å². The van der Waals surface area contributed by atoms with E-state index in [-0.39, 0.29) is 0 Å². The van der Waals surface area contributed by atoms with Crippen LogP contribution in [-0.2, 0) is 6.42 Å². The molecular weight excluding hydrogens is 905 g/mol. The smallest absolute Gasteiger partial charge is 0.0547 e. The van der Waals surface area contributed by atoms with Gasteiger partial charge in [0.05, 0.1) is 11.2 Å². The Labute approximate surface area is 446 Å². The molecule has 0 amide bonds. The lowest BCUT2D eigenvalue weighted by molar-refractivity contribution is 1.01. The van der Waals surface area contributed by atoms with Crippen molar-refractivity contribution in [2.24, 2.45) is 0 Å². The summed E-state index contributed by atoms with van der Waals surface area (Å²) >= 11 is 0. The highest BCUT2D eigenvalue weighted by Gasteiger charge is 2.24. The maximum atomic E-state index is 4.54. The fraction of sp³-hybridized carbons (Fsp3) is 0.0959. The fourth-order valence-electron chi connectivity index (χ4n) is 10.3. The van der Waals surface area contributed by atoms with Crippen LogP contribution < -0.4 is 4.90 Å². The van der Waals surface area contributed by atoms with Crippen molar-refractivity contribution in [2.45, 2.75) is 47.0 Å². The number of allylic oxidation sites excluding steroid dienone is 17. The first-order valence-electron chi connectivity index (χ1n) is 26.2. The van der Waals surface area contributed by atoms with Crippen molar-refractivity contribution < 1.29 is 0 Å². The van der Waals surface area contributed by atoms with Crippen LogP contribution in [0.2, 0.25) is 0 Å². The Bertz CT molecular complexity index is 3630. The molecule has 1 aliphatic rings. The maximum Gasteiger partial charge on any atom is 0.0547 e. The Morgan fingerprint density at radius 1 is 0.627 bits per heavy atom. The molecule has 0 radical (unpaired) electrons. The van der Waals surface area contributed by atoms with Gasteiger partial charge in [-0.1, -0.05) is 214 Å². The quantitative estimate of drug-likeness (QED) is 0.0778. The first-order chi connectivity index (χ1) is 36.9. The van der Waals surface area contributed by atoms with E-state index in [2.05, 4.69) is 287 Å². The molecule has 2 nitrogen and oxygen atoms in total. The first-order valence-corrected chi connectivity index (χ1v) is 26.2. The Morgan fingerprint density at radius 3 is 1.95 bits per heavy atom. The molecule has 0 aliphatic heterocycles. The van der Waals surface area contributed by atoms with Gasteiger partial charge in [-0.15, -0.1) is 0 Å². The van der Waals surface area contributed by atoms with Crippen molar-refractivity contribution in [3.05, 3.63) is 302 Å². The standard InChI is InChI=1S/C73H66N2/c1-8-14-15-19-32-54-46-60(57-33-20-16-21-34-57)48-61(47-54)59-42-44-66(45-43-59)74(67-51-62(56(29-9-2)30-10-3)49-63(52-67)58-35-22-17-23-36-58)64(12-5)50-55(11-4)69-40-28-41-71-73(69)72(68-39-27-26-31-53(68)7)70(13-6)75(71)65-37-24-18-25-38-65/h8-17,19-24,26-31,33-52H,2,4,6,18,25,32H2,1,3,5,7H3/b14-8-,19-15-,30-10-,55-50+,56-29+,64-12+. The third-order valence-corrected chi connectivity index (χ3v) is 13.9. The monoisotopic (exact) mass is 971 g/mol. The van der Waals surface area contributed by atoms with E-state index in [1.807, 2.05) is 25.2 Å². The van der Waals surface area contributed by atoms with Gasteiger partial charge in [-0.2, -0.15) is 0 Å². The van der Waals surface area contributed by atoms with Crippen molar-refractivity contribution >= 4 is 45.2 Å². The summed E-state index contributed by atoms with van der Waals surface area (Å²) in [4.78, 5) is 2.39. The molecule has 8 aromatic rings. The number of rotatable bonds is 18. The first kappa shape index (κ1) is 50.9. The van der Waals surface area contributed by atoms with Crippen molar-refractivity contribution in [2.75, 3.05) is 4.90 Å². The van der Waals surface area contributed by atoms with Gasteiger partial charge in [-0.05, 0) is 180 Å². The van der Waals surface area contributed by atoms with E-state index in [1.54, 1.807) is 0 Å². The van der Waals surface area contributed by atoms with Crippen molar-refractivity contribution in [1.29, 1.82) is 0 Å². The molecule has 7 aromatic carbocycles. The topological polar surface area (TPSA) is 8.17 Å². The Kier molecular flexibility index (Phi) is 16.4. The highest BCUT2D eigenvalue weighted by molar-refractivity contribution is 6.10. The third kappa shape index (κ3) is 11.2. The molecule has 368 valence electrons. The van der Waals surface area contributed by atoms with Crippen molar-refractivity contribution in [3.63, 3.8) is 0 Å². The van der Waals surface area contributed by atoms with Crippen LogP contribution in [0.3, 0.4) is 0 Å². The van der Waals surface area contributed by atoms with Gasteiger partial charge in [0.15, 0.2) is 0 Å². The minimum absolute atomic E-state index is 0.830. The second-order valence-corrected chi connectivity index (χ2v) is 18.8. The van der Waals surface area contributed by atoms with Crippen LogP contribution in [0.25, 0.3) is 78.3 Å². The van der Waals surface area contributed by atoms with Crippen molar-refractivity contribution in [1.82, 2.24) is 4.57 Å². The molecule has 0 fully saturated rings. The molecule has 1 aromatic heterocycles. The molecule has 0 N–H and O–H groups in total. The van der Waals surface area contributed by atoms with Gasteiger partial charge >= 0.3 is 0 Å². The lowest BCUT2D eigenvalue weighted by Gasteiger charge is -2.28. The largest absolute Gasteiger partial charge is 0.311 e. The second kappa shape index (κ2) is 24.2. The Morgan fingerprint density at radius 2 is 1.32 bits per heavy atom. The molecule has 0 bridgehead atoms. The summed E-state index contributed by atoms with van der Waals surface area (Å²) in [5.74, 6) is 0. The van der Waals surface area contributed by atoms with Crippen LogP contribution in [0.15, 0.2) is 274 Å². The fourth-order valence-corrected chi connectivity index (χ4v) is 10.3. The van der Waals surface area contributed by atoms with Crippen molar-refractivity contribution in [3.8, 4) is 44.5 Å². The van der Waals surface area contributed by atoms with Gasteiger partial charge in [0.1, 0.15) is 0 Å². The van der Waals surface area contributed by atoms with Crippen LogP contribution in [-0.4, -0.2) is 4.57 Å². The highest BCUT2D eigenvalue weighted by Crippen LogP contribution is 2.45. The SMILES string of the molecule is C=C/C=C(\C=C/C)c1cc(-c2ccccc2)cc(N(C(/C=C(\C=C)c2cccc3c2c(-c2ccccc2C)c(C=C)n3C2=CCCC=C2)=C/C)c2ccc(-c3cc(C/C=C\C=C/C)cc(-c4ccccc4)c3)cc2)c1. The summed E-state index contributed by atoms with van der Waals surface area (Å²) in [5, 5.41) is 1.16. The van der Waals surface area contributed by atoms with Gasteiger partial charge < -0.3 is 9.47 Å². The van der Waals surface area contributed by atoms with Gasteiger partial charge in [0.2, 0.25) is 0 Å². The van der Waals surface area contributed by atoms with Gasteiger partial charge in [0.25, 0.3) is 0 Å².